The van der Waals surface area contributed by atoms with Gasteiger partial charge in [-0.1, -0.05) is 66.7 Å². The number of aromatic carboxylic acids is 3. The molecule has 8 heteroatoms. The number of amides is 1. The van der Waals surface area contributed by atoms with Crippen molar-refractivity contribution in [2.24, 2.45) is 0 Å². The summed E-state index contributed by atoms with van der Waals surface area (Å²) < 4.78 is 0. The van der Waals surface area contributed by atoms with Crippen molar-refractivity contribution in [3.8, 4) is 11.1 Å². The van der Waals surface area contributed by atoms with Gasteiger partial charge in [0.25, 0.3) is 5.91 Å². The highest BCUT2D eigenvalue weighted by atomic mass is 16.4. The zero-order valence-electron chi connectivity index (χ0n) is 22.5. The molecule has 6 rings (SSSR count). The molecule has 210 valence electrons. The lowest BCUT2D eigenvalue weighted by Gasteiger charge is -2.36. The highest BCUT2D eigenvalue weighted by Gasteiger charge is 2.34. The summed E-state index contributed by atoms with van der Waals surface area (Å²) in [6.45, 7) is 0.156. The number of benzene rings is 4. The molecule has 0 aromatic heterocycles. The first-order valence-corrected chi connectivity index (χ1v) is 13.7. The van der Waals surface area contributed by atoms with Gasteiger partial charge in [-0.2, -0.15) is 0 Å². The Hall–Kier alpha value is -5.24. The van der Waals surface area contributed by atoms with Crippen LogP contribution in [0.5, 0.6) is 0 Å². The molecule has 0 fully saturated rings. The van der Waals surface area contributed by atoms with Crippen molar-refractivity contribution in [3.05, 3.63) is 129 Å². The van der Waals surface area contributed by atoms with Crippen molar-refractivity contribution >= 4 is 23.8 Å². The van der Waals surface area contributed by atoms with Crippen LogP contribution in [0.1, 0.15) is 88.1 Å². The van der Waals surface area contributed by atoms with E-state index in [1.54, 1.807) is 4.90 Å². The quantitative estimate of drug-likeness (QED) is 0.220. The number of rotatable bonds is 7. The van der Waals surface area contributed by atoms with Gasteiger partial charge in [-0.25, -0.2) is 14.4 Å². The van der Waals surface area contributed by atoms with Gasteiger partial charge in [-0.05, 0) is 76.8 Å². The number of carbonyl (C=O) groups is 4. The van der Waals surface area contributed by atoms with E-state index in [-0.39, 0.29) is 18.2 Å². The van der Waals surface area contributed by atoms with Crippen molar-refractivity contribution < 1.29 is 34.5 Å². The second-order valence-corrected chi connectivity index (χ2v) is 10.7. The van der Waals surface area contributed by atoms with E-state index in [0.29, 0.717) is 6.42 Å². The van der Waals surface area contributed by atoms with E-state index in [2.05, 4.69) is 18.2 Å². The Balaban J connectivity index is 1.46. The third kappa shape index (κ3) is 4.71. The summed E-state index contributed by atoms with van der Waals surface area (Å²) in [4.78, 5) is 52.0. The van der Waals surface area contributed by atoms with Crippen LogP contribution < -0.4 is 0 Å². The van der Waals surface area contributed by atoms with E-state index in [0.717, 1.165) is 59.2 Å². The third-order valence-corrected chi connectivity index (χ3v) is 8.27. The standard InChI is InChI=1S/C34H27NO7/c36-31(26-16-28(33(39)40)29(34(41)42)17-27(26)32(37)38)35(30-11-5-8-20-6-1-4-10-25(20)30)18-19-12-13-24-22(14-19)15-21-7-2-3-9-23(21)24/h1-4,6-7,9-10,12-14,16-17,30H,5,8,11,15,18H2,(H,37,38)(H,39,40)(H,41,42)/t30-/m0/s1. The number of nitrogens with zero attached hydrogens (tertiary/aromatic N) is 1. The number of aryl methyl sites for hydroxylation is 1. The lowest BCUT2D eigenvalue weighted by Crippen LogP contribution is -2.37. The third-order valence-electron chi connectivity index (χ3n) is 8.27. The number of hydrogen-bond acceptors (Lipinski definition) is 4. The molecule has 2 aliphatic carbocycles. The minimum Gasteiger partial charge on any atom is -0.478 e. The fourth-order valence-electron chi connectivity index (χ4n) is 6.33. The molecule has 0 saturated heterocycles. The molecular weight excluding hydrogens is 534 g/mol. The summed E-state index contributed by atoms with van der Waals surface area (Å²) in [5.74, 6) is -5.34. The summed E-state index contributed by atoms with van der Waals surface area (Å²) in [6, 6.07) is 23.4. The summed E-state index contributed by atoms with van der Waals surface area (Å²) >= 11 is 0. The lowest BCUT2D eigenvalue weighted by molar-refractivity contribution is 0.0611. The van der Waals surface area contributed by atoms with Crippen LogP contribution in [0.4, 0.5) is 0 Å². The molecule has 0 unspecified atom stereocenters. The monoisotopic (exact) mass is 561 g/mol. The van der Waals surface area contributed by atoms with Gasteiger partial charge < -0.3 is 20.2 Å². The van der Waals surface area contributed by atoms with E-state index >= 15 is 0 Å². The Bertz CT molecular complexity index is 1790. The molecule has 2 aliphatic rings. The van der Waals surface area contributed by atoms with Gasteiger partial charge in [0.05, 0.1) is 28.3 Å². The molecule has 42 heavy (non-hydrogen) atoms. The van der Waals surface area contributed by atoms with E-state index < -0.39 is 40.5 Å². The topological polar surface area (TPSA) is 132 Å². The average Bonchev–Trinajstić information content (AvgIpc) is 3.36. The zero-order valence-corrected chi connectivity index (χ0v) is 22.5. The maximum atomic E-state index is 14.4. The SMILES string of the molecule is O=C(O)c1cc(C(=O)O)c(C(=O)N(Cc2ccc3c(c2)Cc2ccccc2-3)[C@H]2CCCc3ccccc32)cc1C(=O)O. The number of carboxylic acid groups (broad SMARTS) is 3. The molecule has 1 atom stereocenters. The van der Waals surface area contributed by atoms with E-state index in [9.17, 15) is 34.5 Å². The van der Waals surface area contributed by atoms with Crippen LogP contribution in [0.3, 0.4) is 0 Å². The van der Waals surface area contributed by atoms with Crippen LogP contribution in [0.15, 0.2) is 78.9 Å². The fourth-order valence-corrected chi connectivity index (χ4v) is 6.33. The van der Waals surface area contributed by atoms with Gasteiger partial charge in [-0.15, -0.1) is 0 Å². The van der Waals surface area contributed by atoms with Crippen LogP contribution in [0, 0.1) is 0 Å². The molecule has 8 nitrogen and oxygen atoms in total. The molecule has 0 radical (unpaired) electrons. The first-order chi connectivity index (χ1) is 20.2. The fraction of sp³-hybridized carbons (Fsp3) is 0.176. The summed E-state index contributed by atoms with van der Waals surface area (Å²) in [7, 11) is 0. The van der Waals surface area contributed by atoms with Gasteiger partial charge in [0.2, 0.25) is 0 Å². The average molecular weight is 562 g/mol. The maximum Gasteiger partial charge on any atom is 0.336 e. The normalized spacial score (nSPS) is 14.8. The van der Waals surface area contributed by atoms with E-state index in [1.165, 1.54) is 11.1 Å². The number of hydrogen-bond donors (Lipinski definition) is 3. The highest BCUT2D eigenvalue weighted by Crippen LogP contribution is 2.39. The molecule has 0 saturated carbocycles. The predicted molar refractivity (Wildman–Crippen MR) is 154 cm³/mol. The van der Waals surface area contributed by atoms with Crippen molar-refractivity contribution in [1.82, 2.24) is 4.90 Å². The number of carboxylic acids is 3. The molecular formula is C34H27NO7. The minimum absolute atomic E-state index is 0.156. The highest BCUT2D eigenvalue weighted by molar-refractivity contribution is 6.10. The van der Waals surface area contributed by atoms with Crippen LogP contribution in [-0.2, 0) is 19.4 Å². The second kappa shape index (κ2) is 10.6. The van der Waals surface area contributed by atoms with Crippen molar-refractivity contribution in [2.75, 3.05) is 0 Å². The van der Waals surface area contributed by atoms with Gasteiger partial charge in [0.1, 0.15) is 0 Å². The van der Waals surface area contributed by atoms with Gasteiger partial charge in [0, 0.05) is 6.54 Å². The second-order valence-electron chi connectivity index (χ2n) is 10.7. The van der Waals surface area contributed by atoms with Gasteiger partial charge in [-0.3, -0.25) is 4.79 Å². The molecule has 1 amide bonds. The Kier molecular flexibility index (Phi) is 6.82. The van der Waals surface area contributed by atoms with Crippen LogP contribution in [-0.4, -0.2) is 44.0 Å². The Morgan fingerprint density at radius 1 is 0.667 bits per heavy atom. The van der Waals surface area contributed by atoms with Crippen LogP contribution in [0.2, 0.25) is 0 Å². The molecule has 0 heterocycles. The number of fused-ring (bicyclic) bond motifs is 4. The smallest absolute Gasteiger partial charge is 0.336 e. The number of carbonyl (C=O) groups excluding carboxylic acids is 1. The van der Waals surface area contributed by atoms with Crippen LogP contribution in [0.25, 0.3) is 11.1 Å². The molecule has 0 bridgehead atoms. The van der Waals surface area contributed by atoms with Crippen LogP contribution >= 0.6 is 0 Å². The Morgan fingerprint density at radius 2 is 1.26 bits per heavy atom. The molecule has 4 aromatic carbocycles. The minimum atomic E-state index is -1.59. The Labute approximate surface area is 241 Å². The maximum absolute atomic E-state index is 14.4. The Morgan fingerprint density at radius 3 is 1.98 bits per heavy atom. The molecule has 0 spiro atoms. The van der Waals surface area contributed by atoms with Crippen molar-refractivity contribution in [2.45, 2.75) is 38.3 Å². The zero-order chi connectivity index (χ0) is 29.5. The molecule has 4 aromatic rings. The summed E-state index contributed by atoms with van der Waals surface area (Å²) in [5, 5.41) is 29.3. The molecule has 0 aliphatic heterocycles. The predicted octanol–water partition coefficient (Wildman–Crippen LogP) is 6.07. The lowest BCUT2D eigenvalue weighted by atomic mass is 9.86. The first kappa shape index (κ1) is 27.0. The first-order valence-electron chi connectivity index (χ1n) is 13.7. The largest absolute Gasteiger partial charge is 0.478 e. The van der Waals surface area contributed by atoms with Gasteiger partial charge >= 0.3 is 17.9 Å². The molecule has 3 N–H and O–H groups in total. The van der Waals surface area contributed by atoms with Crippen molar-refractivity contribution in [1.29, 1.82) is 0 Å². The van der Waals surface area contributed by atoms with Crippen molar-refractivity contribution in [3.63, 3.8) is 0 Å². The van der Waals surface area contributed by atoms with E-state index in [1.807, 2.05) is 48.5 Å². The summed E-state index contributed by atoms with van der Waals surface area (Å²) in [6.07, 6.45) is 3.07. The summed E-state index contributed by atoms with van der Waals surface area (Å²) in [5.41, 5.74) is 5.35. The van der Waals surface area contributed by atoms with Gasteiger partial charge in [0.15, 0.2) is 0 Å². The van der Waals surface area contributed by atoms with E-state index in [4.69, 9.17) is 0 Å².